The number of anilines is 1. The highest BCUT2D eigenvalue weighted by Crippen LogP contribution is 2.25. The van der Waals surface area contributed by atoms with Gasteiger partial charge in [0.25, 0.3) is 0 Å². The Morgan fingerprint density at radius 3 is 1.76 bits per heavy atom. The van der Waals surface area contributed by atoms with Crippen molar-refractivity contribution in [3.05, 3.63) is 59.7 Å². The summed E-state index contributed by atoms with van der Waals surface area (Å²) in [6, 6.07) is 10.7. The van der Waals surface area contributed by atoms with Crippen LogP contribution < -0.4 is 5.32 Å². The standard InChI is InChI=1S/C33H43N5O11/c39-27-9-4-24(17-28(27)40)5-10-29(41)34-25-6-1-23(2-7-25)3-8-26-18-37(21-32(46)47)14-13-35(19-30(42)43)11-12-36(20-31(44)45)15-16-38(26)22-33(48)49/h1-2,4-7,9-10,17,26,39-40H,3,8,11-16,18-22H2,(H,34,41)(H,42,43)(H,44,45)(H,46,47)(H,48,49)/b10-5+. The van der Waals surface area contributed by atoms with E-state index in [2.05, 4.69) is 5.32 Å². The number of carbonyl (C=O) groups excluding carboxylic acids is 1. The van der Waals surface area contributed by atoms with Gasteiger partial charge in [-0.1, -0.05) is 18.2 Å². The molecule has 16 heteroatoms. The molecule has 0 bridgehead atoms. The Morgan fingerprint density at radius 2 is 1.20 bits per heavy atom. The number of aryl methyl sites for hydroxylation is 1. The van der Waals surface area contributed by atoms with E-state index >= 15 is 0 Å². The molecule has 1 amide bonds. The summed E-state index contributed by atoms with van der Waals surface area (Å²) < 4.78 is 0. The van der Waals surface area contributed by atoms with Gasteiger partial charge in [-0.25, -0.2) is 0 Å². The van der Waals surface area contributed by atoms with Gasteiger partial charge in [0.15, 0.2) is 11.5 Å². The minimum atomic E-state index is -1.09. The summed E-state index contributed by atoms with van der Waals surface area (Å²) >= 11 is 0. The quantitative estimate of drug-likeness (QED) is 0.107. The first kappa shape index (κ1) is 38.4. The van der Waals surface area contributed by atoms with Gasteiger partial charge in [-0.3, -0.25) is 43.6 Å². The molecule has 266 valence electrons. The summed E-state index contributed by atoms with van der Waals surface area (Å²) in [7, 11) is 0. The summed E-state index contributed by atoms with van der Waals surface area (Å²) in [5.41, 5.74) is 1.90. The molecule has 1 fully saturated rings. The van der Waals surface area contributed by atoms with Gasteiger partial charge >= 0.3 is 23.9 Å². The highest BCUT2D eigenvalue weighted by Gasteiger charge is 2.27. The Hall–Kier alpha value is -5.03. The van der Waals surface area contributed by atoms with Crippen LogP contribution in [-0.4, -0.2) is 158 Å². The fraction of sp³-hybridized carbons (Fsp3) is 0.424. The van der Waals surface area contributed by atoms with Gasteiger partial charge in [-0.15, -0.1) is 0 Å². The minimum Gasteiger partial charge on any atom is -0.504 e. The van der Waals surface area contributed by atoms with Crippen LogP contribution in [0.25, 0.3) is 6.08 Å². The minimum absolute atomic E-state index is 0.179. The van der Waals surface area contributed by atoms with E-state index in [1.807, 2.05) is 12.1 Å². The van der Waals surface area contributed by atoms with Gasteiger partial charge in [-0.2, -0.15) is 0 Å². The van der Waals surface area contributed by atoms with E-state index in [0.29, 0.717) is 24.1 Å². The second-order valence-corrected chi connectivity index (χ2v) is 11.8. The lowest BCUT2D eigenvalue weighted by Gasteiger charge is -2.37. The van der Waals surface area contributed by atoms with Crippen LogP contribution in [0.5, 0.6) is 11.5 Å². The van der Waals surface area contributed by atoms with Crippen molar-refractivity contribution < 1.29 is 54.6 Å². The number of rotatable bonds is 14. The van der Waals surface area contributed by atoms with E-state index in [4.69, 9.17) is 0 Å². The number of hydrogen-bond donors (Lipinski definition) is 7. The van der Waals surface area contributed by atoms with Gasteiger partial charge in [0.2, 0.25) is 5.91 Å². The Balaban J connectivity index is 1.76. The largest absolute Gasteiger partial charge is 0.504 e. The summed E-state index contributed by atoms with van der Waals surface area (Å²) in [4.78, 5) is 65.8. The molecule has 0 aliphatic carbocycles. The molecule has 1 atom stereocenters. The Morgan fingerprint density at radius 1 is 0.673 bits per heavy atom. The smallest absolute Gasteiger partial charge is 0.317 e. The molecule has 0 saturated carbocycles. The molecule has 0 radical (unpaired) electrons. The van der Waals surface area contributed by atoms with E-state index in [0.717, 1.165) is 5.56 Å². The predicted octanol–water partition coefficient (Wildman–Crippen LogP) is 0.611. The van der Waals surface area contributed by atoms with E-state index in [1.165, 1.54) is 30.4 Å². The maximum Gasteiger partial charge on any atom is 0.317 e. The average Bonchev–Trinajstić information content (AvgIpc) is 3.02. The third-order valence-corrected chi connectivity index (χ3v) is 7.98. The fourth-order valence-electron chi connectivity index (χ4n) is 5.52. The van der Waals surface area contributed by atoms with Gasteiger partial charge in [0, 0.05) is 63.6 Å². The van der Waals surface area contributed by atoms with Crippen LogP contribution in [0.4, 0.5) is 5.69 Å². The molecule has 3 rings (SSSR count). The number of carboxylic acid groups (broad SMARTS) is 4. The molecule has 2 aromatic carbocycles. The Labute approximate surface area is 283 Å². The molecule has 1 aliphatic rings. The number of nitrogens with zero attached hydrogens (tertiary/aromatic N) is 4. The predicted molar refractivity (Wildman–Crippen MR) is 177 cm³/mol. The normalized spacial score (nSPS) is 17.6. The molecule has 7 N–H and O–H groups in total. The van der Waals surface area contributed by atoms with Crippen molar-refractivity contribution in [1.29, 1.82) is 0 Å². The number of aliphatic carboxylic acids is 4. The van der Waals surface area contributed by atoms with Crippen LogP contribution in [0.15, 0.2) is 48.5 Å². The zero-order chi connectivity index (χ0) is 35.9. The molecule has 16 nitrogen and oxygen atoms in total. The Kier molecular flexibility index (Phi) is 15.0. The maximum atomic E-state index is 12.4. The van der Waals surface area contributed by atoms with E-state index in [9.17, 15) is 54.6 Å². The van der Waals surface area contributed by atoms with Crippen molar-refractivity contribution in [3.63, 3.8) is 0 Å². The fourth-order valence-corrected chi connectivity index (χ4v) is 5.52. The van der Waals surface area contributed by atoms with Crippen LogP contribution >= 0.6 is 0 Å². The zero-order valence-electron chi connectivity index (χ0n) is 27.0. The van der Waals surface area contributed by atoms with Crippen LogP contribution in [0.2, 0.25) is 0 Å². The molecule has 1 unspecified atom stereocenters. The lowest BCUT2D eigenvalue weighted by molar-refractivity contribution is -0.142. The van der Waals surface area contributed by atoms with Gasteiger partial charge in [-0.05, 0) is 54.3 Å². The molecule has 49 heavy (non-hydrogen) atoms. The van der Waals surface area contributed by atoms with Crippen LogP contribution in [-0.2, 0) is 30.4 Å². The lowest BCUT2D eigenvalue weighted by Crippen LogP contribution is -2.53. The molecule has 0 aromatic heterocycles. The van der Waals surface area contributed by atoms with E-state index < -0.39 is 35.8 Å². The number of nitrogens with one attached hydrogen (secondary N) is 1. The number of benzene rings is 2. The first-order valence-electron chi connectivity index (χ1n) is 15.7. The summed E-state index contributed by atoms with van der Waals surface area (Å²) in [6.07, 6.45) is 3.66. The second-order valence-electron chi connectivity index (χ2n) is 11.8. The highest BCUT2D eigenvalue weighted by molar-refractivity contribution is 6.01. The van der Waals surface area contributed by atoms with Gasteiger partial charge in [0.05, 0.1) is 26.2 Å². The second kappa shape index (κ2) is 19.1. The summed E-state index contributed by atoms with van der Waals surface area (Å²) in [5, 5.41) is 60.0. The number of aromatic hydroxyl groups is 2. The highest BCUT2D eigenvalue weighted by atomic mass is 16.4. The summed E-state index contributed by atoms with van der Waals surface area (Å²) in [6.45, 7) is 0.154. The molecule has 1 saturated heterocycles. The van der Waals surface area contributed by atoms with E-state index in [-0.39, 0.29) is 83.5 Å². The van der Waals surface area contributed by atoms with Crippen LogP contribution in [0.3, 0.4) is 0 Å². The number of carboxylic acids is 4. The number of amides is 1. The third-order valence-electron chi connectivity index (χ3n) is 7.98. The lowest BCUT2D eigenvalue weighted by atomic mass is 10.0. The first-order valence-corrected chi connectivity index (χ1v) is 15.7. The zero-order valence-corrected chi connectivity index (χ0v) is 27.0. The van der Waals surface area contributed by atoms with Crippen molar-refractivity contribution in [2.45, 2.75) is 18.9 Å². The van der Waals surface area contributed by atoms with E-state index in [1.54, 1.807) is 31.7 Å². The van der Waals surface area contributed by atoms with Crippen LogP contribution in [0.1, 0.15) is 17.5 Å². The van der Waals surface area contributed by atoms with Crippen LogP contribution in [0, 0.1) is 0 Å². The molecule has 0 spiro atoms. The molecule has 1 aliphatic heterocycles. The average molecular weight is 686 g/mol. The van der Waals surface area contributed by atoms with Gasteiger partial charge in [0.1, 0.15) is 0 Å². The third kappa shape index (κ3) is 14.3. The monoisotopic (exact) mass is 685 g/mol. The molecule has 1 heterocycles. The first-order chi connectivity index (χ1) is 23.3. The Bertz CT molecular complexity index is 1480. The van der Waals surface area contributed by atoms with Crippen molar-refractivity contribution in [3.8, 4) is 11.5 Å². The number of phenolic OH excluding ortho intramolecular Hbond substituents is 2. The van der Waals surface area contributed by atoms with Crippen molar-refractivity contribution in [2.24, 2.45) is 0 Å². The number of hydrogen-bond acceptors (Lipinski definition) is 11. The number of carbonyl (C=O) groups is 5. The van der Waals surface area contributed by atoms with Gasteiger partial charge < -0.3 is 36.0 Å². The SMILES string of the molecule is O=C(O)CN1CCN(CC(=O)O)CCN(CC(=O)O)C(CCc2ccc(NC(=O)/C=C/c3ccc(O)c(O)c3)cc2)CN(CC(=O)O)CC1. The maximum absolute atomic E-state index is 12.4. The van der Waals surface area contributed by atoms with Crippen molar-refractivity contribution in [1.82, 2.24) is 19.6 Å². The van der Waals surface area contributed by atoms with Crippen molar-refractivity contribution >= 4 is 41.5 Å². The number of phenols is 2. The topological polar surface area (TPSA) is 232 Å². The molecular weight excluding hydrogens is 642 g/mol. The molecular formula is C33H43N5O11. The van der Waals surface area contributed by atoms with Crippen molar-refractivity contribution in [2.75, 3.05) is 77.3 Å². The molecule has 2 aromatic rings. The summed E-state index contributed by atoms with van der Waals surface area (Å²) in [5.74, 6) is -5.30.